The summed E-state index contributed by atoms with van der Waals surface area (Å²) >= 11 is 0. The van der Waals surface area contributed by atoms with Gasteiger partial charge in [-0.2, -0.15) is 5.10 Å². The second-order valence-corrected chi connectivity index (χ2v) is 8.88. The number of aromatic nitrogens is 3. The highest BCUT2D eigenvalue weighted by Crippen LogP contribution is 2.59. The van der Waals surface area contributed by atoms with E-state index in [1.165, 1.54) is 6.07 Å². The van der Waals surface area contributed by atoms with Crippen LogP contribution in [0.4, 0.5) is 4.39 Å². The first-order valence-corrected chi connectivity index (χ1v) is 11.3. The van der Waals surface area contributed by atoms with E-state index in [0.29, 0.717) is 34.5 Å². The van der Waals surface area contributed by atoms with Crippen molar-refractivity contribution in [2.24, 2.45) is 0 Å². The van der Waals surface area contributed by atoms with Gasteiger partial charge >= 0.3 is 0 Å². The van der Waals surface area contributed by atoms with Gasteiger partial charge in [0.1, 0.15) is 17.1 Å². The van der Waals surface area contributed by atoms with Gasteiger partial charge in [-0.3, -0.25) is 20.0 Å². The van der Waals surface area contributed by atoms with Crippen LogP contribution >= 0.6 is 0 Å². The van der Waals surface area contributed by atoms with E-state index in [1.54, 1.807) is 42.5 Å². The Hall–Kier alpha value is -4.40. The van der Waals surface area contributed by atoms with E-state index in [4.69, 9.17) is 0 Å². The first-order chi connectivity index (χ1) is 17.0. The van der Waals surface area contributed by atoms with E-state index in [9.17, 15) is 19.3 Å². The Bertz CT molecular complexity index is 1450. The van der Waals surface area contributed by atoms with Gasteiger partial charge in [0.05, 0.1) is 12.1 Å². The van der Waals surface area contributed by atoms with Crippen LogP contribution in [0.2, 0.25) is 0 Å². The summed E-state index contributed by atoms with van der Waals surface area (Å²) in [7, 11) is 0. The van der Waals surface area contributed by atoms with E-state index in [1.807, 2.05) is 24.3 Å². The number of carbonyl (C=O) groups excluding carboxylic acids is 1. The number of nitrogens with zero attached hydrogens (tertiary/aromatic N) is 3. The summed E-state index contributed by atoms with van der Waals surface area (Å²) < 4.78 is 14.1. The lowest BCUT2D eigenvalue weighted by Crippen LogP contribution is -2.58. The van der Waals surface area contributed by atoms with E-state index >= 15 is 0 Å². The summed E-state index contributed by atoms with van der Waals surface area (Å²) in [5.41, 5.74) is 0.276. The van der Waals surface area contributed by atoms with Gasteiger partial charge in [-0.15, -0.1) is 0 Å². The molecule has 7 rings (SSSR count). The van der Waals surface area contributed by atoms with Crippen molar-refractivity contribution < 1.29 is 14.1 Å². The predicted molar refractivity (Wildman–Crippen MR) is 124 cm³/mol. The first-order valence-electron chi connectivity index (χ1n) is 11.3. The minimum Gasteiger partial charge on any atom is -0.348 e. The molecule has 0 saturated heterocycles. The summed E-state index contributed by atoms with van der Waals surface area (Å²) in [6.45, 7) is 0.0484. The van der Waals surface area contributed by atoms with Gasteiger partial charge in [-0.05, 0) is 29.7 Å². The molecule has 4 aromatic rings. The second-order valence-electron chi connectivity index (χ2n) is 8.88. The third kappa shape index (κ3) is 2.81. The fourth-order valence-corrected chi connectivity index (χ4v) is 5.73. The lowest BCUT2D eigenvalue weighted by molar-refractivity contribution is -0.570. The SMILES string of the molecule is O=C(NCc1nc(-c2ccccc2F)n[nH]1)C12CCC([N+](=O)[O-])(c3ccccc31)c1ccccc12. The van der Waals surface area contributed by atoms with Crippen molar-refractivity contribution in [1.29, 1.82) is 0 Å². The van der Waals surface area contributed by atoms with Gasteiger partial charge in [0.15, 0.2) is 5.82 Å². The largest absolute Gasteiger partial charge is 0.348 e. The summed E-state index contributed by atoms with van der Waals surface area (Å²) in [6, 6.07) is 20.5. The molecule has 1 aromatic heterocycles. The Kier molecular flexibility index (Phi) is 4.57. The molecule has 2 N–H and O–H groups in total. The zero-order valence-corrected chi connectivity index (χ0v) is 18.5. The molecule has 1 heterocycles. The van der Waals surface area contributed by atoms with Gasteiger partial charge < -0.3 is 5.32 Å². The number of amides is 1. The zero-order valence-electron chi connectivity index (χ0n) is 18.5. The van der Waals surface area contributed by atoms with Crippen LogP contribution in [-0.2, 0) is 22.3 Å². The van der Waals surface area contributed by atoms with Gasteiger partial charge in [-0.1, -0.05) is 60.7 Å². The van der Waals surface area contributed by atoms with Crippen molar-refractivity contribution in [2.45, 2.75) is 30.3 Å². The molecule has 8 nitrogen and oxygen atoms in total. The quantitative estimate of drug-likeness (QED) is 0.341. The third-order valence-electron chi connectivity index (χ3n) is 7.29. The van der Waals surface area contributed by atoms with Gasteiger partial charge in [0.2, 0.25) is 5.91 Å². The van der Waals surface area contributed by atoms with Crippen molar-refractivity contribution in [2.75, 3.05) is 0 Å². The maximum absolute atomic E-state index is 14.1. The number of nitro groups is 1. The fourth-order valence-electron chi connectivity index (χ4n) is 5.73. The van der Waals surface area contributed by atoms with Crippen LogP contribution in [0.1, 0.15) is 40.9 Å². The molecule has 0 saturated carbocycles. The molecule has 2 bridgehead atoms. The topological polar surface area (TPSA) is 114 Å². The molecule has 0 unspecified atom stereocenters. The molecule has 3 aromatic carbocycles. The number of benzene rings is 3. The van der Waals surface area contributed by atoms with Crippen LogP contribution in [0, 0.1) is 15.9 Å². The van der Waals surface area contributed by atoms with E-state index in [2.05, 4.69) is 20.5 Å². The molecule has 0 atom stereocenters. The summed E-state index contributed by atoms with van der Waals surface area (Å²) in [5, 5.41) is 22.2. The average molecular weight is 469 g/mol. The Morgan fingerprint density at radius 1 is 0.971 bits per heavy atom. The number of H-pyrrole nitrogens is 1. The average Bonchev–Trinajstić information content (AvgIpc) is 3.36. The molecule has 35 heavy (non-hydrogen) atoms. The monoisotopic (exact) mass is 469 g/mol. The van der Waals surface area contributed by atoms with Crippen molar-refractivity contribution in [3.05, 3.63) is 117 Å². The number of carbonyl (C=O) groups is 1. The number of fused-ring (bicyclic) bond motifs is 1. The summed E-state index contributed by atoms with van der Waals surface area (Å²) in [4.78, 5) is 30.4. The molecule has 0 radical (unpaired) electrons. The highest BCUT2D eigenvalue weighted by molar-refractivity contribution is 5.95. The molecule has 3 aliphatic rings. The number of hydrogen-bond acceptors (Lipinski definition) is 5. The van der Waals surface area contributed by atoms with Crippen LogP contribution in [0.5, 0.6) is 0 Å². The Labute approximate surface area is 199 Å². The minimum atomic E-state index is -1.37. The van der Waals surface area contributed by atoms with E-state index < -0.39 is 16.8 Å². The molecule has 3 aliphatic carbocycles. The van der Waals surface area contributed by atoms with Crippen molar-refractivity contribution in [1.82, 2.24) is 20.5 Å². The highest BCUT2D eigenvalue weighted by Gasteiger charge is 2.65. The van der Waals surface area contributed by atoms with Crippen molar-refractivity contribution >= 4 is 5.91 Å². The van der Waals surface area contributed by atoms with Crippen LogP contribution < -0.4 is 5.32 Å². The van der Waals surface area contributed by atoms with Crippen LogP contribution in [0.15, 0.2) is 72.8 Å². The first kappa shape index (κ1) is 21.2. The summed E-state index contributed by atoms with van der Waals surface area (Å²) in [6.07, 6.45) is 0.534. The normalized spacial score (nSPS) is 21.7. The molecular weight excluding hydrogens is 449 g/mol. The maximum Gasteiger partial charge on any atom is 0.272 e. The van der Waals surface area contributed by atoms with Crippen LogP contribution in [0.3, 0.4) is 0 Å². The minimum absolute atomic E-state index is 0.0484. The molecule has 0 fully saturated rings. The lowest BCUT2D eigenvalue weighted by atomic mass is 9.52. The highest BCUT2D eigenvalue weighted by atomic mass is 19.1. The number of hydrogen-bond donors (Lipinski definition) is 2. The van der Waals surface area contributed by atoms with Crippen LogP contribution in [0.25, 0.3) is 11.4 Å². The lowest BCUT2D eigenvalue weighted by Gasteiger charge is -2.49. The van der Waals surface area contributed by atoms with Crippen LogP contribution in [-0.4, -0.2) is 26.0 Å². The number of nitrogens with one attached hydrogen (secondary N) is 2. The third-order valence-corrected chi connectivity index (χ3v) is 7.29. The standard InChI is InChI=1S/C26H20FN5O3/c27-21-12-6-1-7-16(21)23-29-22(30-31-23)15-28-24(33)25-13-14-26(32(34)35,19-10-4-2-8-17(19)25)20-11-5-3-9-18(20)25/h1-12H,13-15H2,(H,28,33)(H,29,30,31). The Balaban J connectivity index is 1.37. The molecule has 174 valence electrons. The number of rotatable bonds is 5. The van der Waals surface area contributed by atoms with E-state index in [0.717, 1.165) is 0 Å². The van der Waals surface area contributed by atoms with Gasteiger partial charge in [0.25, 0.3) is 5.54 Å². The number of halogens is 1. The van der Waals surface area contributed by atoms with Gasteiger partial charge in [0, 0.05) is 22.5 Å². The molecular formula is C26H20FN5O3. The molecule has 0 spiro atoms. The van der Waals surface area contributed by atoms with Crippen molar-refractivity contribution in [3.63, 3.8) is 0 Å². The van der Waals surface area contributed by atoms with Crippen molar-refractivity contribution in [3.8, 4) is 11.4 Å². The second kappa shape index (κ2) is 7.56. The Morgan fingerprint density at radius 3 is 2.20 bits per heavy atom. The molecule has 9 heteroatoms. The Morgan fingerprint density at radius 2 is 1.57 bits per heavy atom. The molecule has 0 aliphatic heterocycles. The zero-order chi connectivity index (χ0) is 24.2. The smallest absolute Gasteiger partial charge is 0.272 e. The number of aromatic amines is 1. The van der Waals surface area contributed by atoms with Gasteiger partial charge in [-0.25, -0.2) is 9.37 Å². The summed E-state index contributed by atoms with van der Waals surface area (Å²) in [5.74, 6) is -0.126. The maximum atomic E-state index is 14.1. The predicted octanol–water partition coefficient (Wildman–Crippen LogP) is 3.84. The van der Waals surface area contributed by atoms with E-state index in [-0.39, 0.29) is 35.2 Å². The fraction of sp³-hybridized carbons (Fsp3) is 0.192. The molecule has 1 amide bonds.